The highest BCUT2D eigenvalue weighted by Gasteiger charge is 2.15. The molecule has 0 atom stereocenters. The summed E-state index contributed by atoms with van der Waals surface area (Å²) in [5.41, 5.74) is 2.83. The lowest BCUT2D eigenvalue weighted by Crippen LogP contribution is -2.44. The molecule has 2 heterocycles. The van der Waals surface area contributed by atoms with Crippen molar-refractivity contribution in [2.24, 2.45) is 0 Å². The summed E-state index contributed by atoms with van der Waals surface area (Å²) < 4.78 is 0. The first-order valence-electron chi connectivity index (χ1n) is 9.89. The molecular weight excluding hydrogens is 435 g/mol. The van der Waals surface area contributed by atoms with Crippen molar-refractivity contribution in [2.45, 2.75) is 0 Å². The Kier molecular flexibility index (Phi) is 6.56. The average molecular weight is 457 g/mol. The van der Waals surface area contributed by atoms with Crippen molar-refractivity contribution in [1.82, 2.24) is 15.1 Å². The number of benzene rings is 2. The number of carbonyl (C=O) groups excluding carboxylic acids is 1. The normalized spacial score (nSPS) is 14.4. The minimum absolute atomic E-state index is 0.372. The average Bonchev–Trinajstić information content (AvgIpc) is 2.77. The summed E-state index contributed by atoms with van der Waals surface area (Å²) in [6.45, 7) is 3.95. The second-order valence-corrected chi connectivity index (χ2v) is 8.19. The maximum atomic E-state index is 12.2. The Morgan fingerprint density at radius 3 is 2.29 bits per heavy atom. The van der Waals surface area contributed by atoms with Crippen LogP contribution in [-0.4, -0.2) is 54.4 Å². The third kappa shape index (κ3) is 5.44. The molecule has 160 valence electrons. The summed E-state index contributed by atoms with van der Waals surface area (Å²) in [7, 11) is 2.13. The van der Waals surface area contributed by atoms with Crippen molar-refractivity contribution in [3.8, 4) is 11.3 Å². The van der Waals surface area contributed by atoms with Crippen LogP contribution >= 0.6 is 23.2 Å². The Hall–Kier alpha value is -2.87. The van der Waals surface area contributed by atoms with E-state index in [-0.39, 0.29) is 0 Å². The standard InChI is InChI=1S/C22H22Cl2N6O/c1-29-10-12-30(13-11-29)21-9-8-19(27-28-21)15-2-5-17(6-3-15)25-22(31)26-20-7-4-16(23)14-18(20)24/h2-9,14H,10-13H2,1H3,(H2,25,26,31). The molecule has 9 heteroatoms. The van der Waals surface area contributed by atoms with Crippen LogP contribution in [0.25, 0.3) is 11.3 Å². The zero-order chi connectivity index (χ0) is 21.8. The van der Waals surface area contributed by atoms with Gasteiger partial charge >= 0.3 is 6.03 Å². The number of hydrogen-bond acceptors (Lipinski definition) is 5. The Bertz CT molecular complexity index is 1050. The lowest BCUT2D eigenvalue weighted by atomic mass is 10.1. The van der Waals surface area contributed by atoms with E-state index < -0.39 is 6.03 Å². The predicted molar refractivity (Wildman–Crippen MR) is 126 cm³/mol. The maximum absolute atomic E-state index is 12.2. The largest absolute Gasteiger partial charge is 0.353 e. The Balaban J connectivity index is 1.37. The molecule has 7 nitrogen and oxygen atoms in total. The maximum Gasteiger partial charge on any atom is 0.323 e. The second kappa shape index (κ2) is 9.51. The summed E-state index contributed by atoms with van der Waals surface area (Å²) in [4.78, 5) is 16.8. The van der Waals surface area contributed by atoms with Crippen molar-refractivity contribution in [2.75, 3.05) is 48.8 Å². The zero-order valence-electron chi connectivity index (χ0n) is 17.0. The molecule has 0 aliphatic carbocycles. The first kappa shape index (κ1) is 21.4. The first-order chi connectivity index (χ1) is 15.0. The van der Waals surface area contributed by atoms with Crippen molar-refractivity contribution < 1.29 is 4.79 Å². The van der Waals surface area contributed by atoms with E-state index >= 15 is 0 Å². The molecule has 2 amide bonds. The minimum atomic E-state index is -0.395. The summed E-state index contributed by atoms with van der Waals surface area (Å²) in [6, 6.07) is 15.9. The molecule has 0 bridgehead atoms. The van der Waals surface area contributed by atoms with Gasteiger partial charge in [0.05, 0.1) is 16.4 Å². The van der Waals surface area contributed by atoms with Crippen molar-refractivity contribution in [3.63, 3.8) is 0 Å². The number of nitrogens with zero attached hydrogens (tertiary/aromatic N) is 4. The van der Waals surface area contributed by atoms with Gasteiger partial charge in [0, 0.05) is 42.5 Å². The lowest BCUT2D eigenvalue weighted by molar-refractivity contribution is 0.262. The number of amides is 2. The molecule has 0 spiro atoms. The van der Waals surface area contributed by atoms with E-state index in [4.69, 9.17) is 23.2 Å². The van der Waals surface area contributed by atoms with E-state index in [1.807, 2.05) is 36.4 Å². The number of carbonyl (C=O) groups is 1. The van der Waals surface area contributed by atoms with Gasteiger partial charge in [0.25, 0.3) is 0 Å². The third-order valence-electron chi connectivity index (χ3n) is 5.10. The highest BCUT2D eigenvalue weighted by atomic mass is 35.5. The summed E-state index contributed by atoms with van der Waals surface area (Å²) >= 11 is 12.0. The predicted octanol–water partition coefficient (Wildman–Crippen LogP) is 4.85. The van der Waals surface area contributed by atoms with Crippen molar-refractivity contribution in [1.29, 1.82) is 0 Å². The zero-order valence-corrected chi connectivity index (χ0v) is 18.5. The molecule has 0 unspecified atom stereocenters. The number of urea groups is 1. The van der Waals surface area contributed by atoms with Gasteiger partial charge in [-0.2, -0.15) is 0 Å². The number of likely N-dealkylation sites (N-methyl/N-ethyl adjacent to an activating group) is 1. The Morgan fingerprint density at radius 1 is 0.903 bits per heavy atom. The van der Waals surface area contributed by atoms with Gasteiger partial charge in [0.15, 0.2) is 5.82 Å². The molecule has 0 radical (unpaired) electrons. The smallest absolute Gasteiger partial charge is 0.323 e. The van der Waals surface area contributed by atoms with Gasteiger partial charge < -0.3 is 20.4 Å². The molecule has 0 saturated carbocycles. The number of halogens is 2. The third-order valence-corrected chi connectivity index (χ3v) is 5.64. The van der Waals surface area contributed by atoms with E-state index in [0.717, 1.165) is 43.3 Å². The number of rotatable bonds is 4. The fraction of sp³-hybridized carbons (Fsp3) is 0.227. The van der Waals surface area contributed by atoms with Crippen LogP contribution in [0.3, 0.4) is 0 Å². The van der Waals surface area contributed by atoms with Crippen molar-refractivity contribution >= 4 is 46.4 Å². The molecule has 4 rings (SSSR count). The Labute approximate surface area is 191 Å². The van der Waals surface area contributed by atoms with Crippen LogP contribution in [0.4, 0.5) is 22.0 Å². The minimum Gasteiger partial charge on any atom is -0.353 e. The van der Waals surface area contributed by atoms with Crippen LogP contribution in [-0.2, 0) is 0 Å². The summed E-state index contributed by atoms with van der Waals surface area (Å²) in [6.07, 6.45) is 0. The summed E-state index contributed by atoms with van der Waals surface area (Å²) in [5, 5.41) is 15.1. The number of aromatic nitrogens is 2. The van der Waals surface area contributed by atoms with Gasteiger partial charge in [0.2, 0.25) is 0 Å². The molecule has 3 aromatic rings. The molecule has 1 aromatic heterocycles. The van der Waals surface area contributed by atoms with Crippen LogP contribution in [0, 0.1) is 0 Å². The van der Waals surface area contributed by atoms with Gasteiger partial charge in [-0.15, -0.1) is 10.2 Å². The number of hydrogen-bond donors (Lipinski definition) is 2. The van der Waals surface area contributed by atoms with E-state index in [1.54, 1.807) is 18.2 Å². The highest BCUT2D eigenvalue weighted by molar-refractivity contribution is 6.36. The fourth-order valence-electron chi connectivity index (χ4n) is 3.28. The van der Waals surface area contributed by atoms with E-state index in [0.29, 0.717) is 21.4 Å². The Morgan fingerprint density at radius 2 is 1.65 bits per heavy atom. The molecule has 1 aliphatic rings. The molecule has 31 heavy (non-hydrogen) atoms. The SMILES string of the molecule is CN1CCN(c2ccc(-c3ccc(NC(=O)Nc4ccc(Cl)cc4Cl)cc3)nn2)CC1. The molecule has 2 aromatic carbocycles. The van der Waals surface area contributed by atoms with Crippen LogP contribution in [0.15, 0.2) is 54.6 Å². The van der Waals surface area contributed by atoms with Crippen LogP contribution < -0.4 is 15.5 Å². The van der Waals surface area contributed by atoms with E-state index in [1.165, 1.54) is 0 Å². The molecular formula is C22H22Cl2N6O. The fourth-order valence-corrected chi connectivity index (χ4v) is 3.74. The van der Waals surface area contributed by atoms with Crippen LogP contribution in [0.1, 0.15) is 0 Å². The molecule has 1 aliphatic heterocycles. The number of nitrogens with one attached hydrogen (secondary N) is 2. The van der Waals surface area contributed by atoms with Gasteiger partial charge in [-0.1, -0.05) is 35.3 Å². The van der Waals surface area contributed by atoms with Gasteiger partial charge in [0.1, 0.15) is 0 Å². The molecule has 1 fully saturated rings. The van der Waals surface area contributed by atoms with Crippen LogP contribution in [0.5, 0.6) is 0 Å². The quantitative estimate of drug-likeness (QED) is 0.586. The lowest BCUT2D eigenvalue weighted by Gasteiger charge is -2.32. The van der Waals surface area contributed by atoms with Gasteiger partial charge in [-0.05, 0) is 49.5 Å². The van der Waals surface area contributed by atoms with Gasteiger partial charge in [-0.3, -0.25) is 0 Å². The first-order valence-corrected chi connectivity index (χ1v) is 10.6. The van der Waals surface area contributed by atoms with Crippen LogP contribution in [0.2, 0.25) is 10.0 Å². The monoisotopic (exact) mass is 456 g/mol. The van der Waals surface area contributed by atoms with E-state index in [2.05, 4.69) is 37.7 Å². The summed E-state index contributed by atoms with van der Waals surface area (Å²) in [5.74, 6) is 0.896. The number of anilines is 3. The molecule has 2 N–H and O–H groups in total. The van der Waals surface area contributed by atoms with Gasteiger partial charge in [-0.25, -0.2) is 4.79 Å². The van der Waals surface area contributed by atoms with Crippen molar-refractivity contribution in [3.05, 3.63) is 64.6 Å². The number of piperazine rings is 1. The molecule has 1 saturated heterocycles. The highest BCUT2D eigenvalue weighted by Crippen LogP contribution is 2.26. The van der Waals surface area contributed by atoms with E-state index in [9.17, 15) is 4.79 Å². The topological polar surface area (TPSA) is 73.4 Å². The second-order valence-electron chi connectivity index (χ2n) is 7.35.